The Kier molecular flexibility index (Phi) is 7.09. The van der Waals surface area contributed by atoms with E-state index in [1.165, 1.54) is 5.56 Å². The minimum Gasteiger partial charge on any atom is -0.491 e. The van der Waals surface area contributed by atoms with Gasteiger partial charge in [0.1, 0.15) is 5.75 Å². The lowest BCUT2D eigenvalue weighted by molar-refractivity contribution is -0.123. The van der Waals surface area contributed by atoms with Gasteiger partial charge in [0.15, 0.2) is 0 Å². The van der Waals surface area contributed by atoms with Crippen LogP contribution in [-0.4, -0.2) is 25.1 Å². The molecule has 0 unspecified atom stereocenters. The number of carbonyl (C=O) groups excluding carboxylic acids is 1. The highest BCUT2D eigenvalue weighted by molar-refractivity contribution is 5.77. The Morgan fingerprint density at radius 3 is 2.30 bits per heavy atom. The molecule has 0 bridgehead atoms. The minimum absolute atomic E-state index is 0.0449. The predicted molar refractivity (Wildman–Crippen MR) is 81.8 cm³/mol. The van der Waals surface area contributed by atoms with E-state index in [9.17, 15) is 4.79 Å². The number of carbonyl (C=O) groups is 1. The lowest BCUT2D eigenvalue weighted by Gasteiger charge is -2.11. The third-order valence-corrected chi connectivity index (χ3v) is 2.75. The fourth-order valence-corrected chi connectivity index (χ4v) is 1.67. The second-order valence-electron chi connectivity index (χ2n) is 5.43. The summed E-state index contributed by atoms with van der Waals surface area (Å²) in [5.41, 5.74) is 1.20. The topological polar surface area (TPSA) is 50.4 Å². The van der Waals surface area contributed by atoms with Gasteiger partial charge in [-0.15, -0.1) is 0 Å². The van der Waals surface area contributed by atoms with Crippen molar-refractivity contribution in [1.29, 1.82) is 0 Å². The average Bonchev–Trinajstić information content (AvgIpc) is 2.39. The maximum atomic E-state index is 11.3. The van der Waals surface area contributed by atoms with Crippen LogP contribution in [0.3, 0.4) is 0 Å². The first-order chi connectivity index (χ1) is 9.49. The Morgan fingerprint density at radius 2 is 1.75 bits per heavy atom. The van der Waals surface area contributed by atoms with Gasteiger partial charge in [0.05, 0.1) is 6.10 Å². The second-order valence-corrected chi connectivity index (χ2v) is 5.43. The molecule has 0 aromatic heterocycles. The Hall–Kier alpha value is -1.55. The highest BCUT2D eigenvalue weighted by Crippen LogP contribution is 2.13. The Morgan fingerprint density at radius 1 is 1.10 bits per heavy atom. The fraction of sp³-hybridized carbons (Fsp3) is 0.562. The van der Waals surface area contributed by atoms with Gasteiger partial charge in [0.2, 0.25) is 5.91 Å². The molecular weight excluding hydrogens is 252 g/mol. The molecule has 1 amide bonds. The van der Waals surface area contributed by atoms with Gasteiger partial charge < -0.3 is 15.4 Å². The molecule has 0 saturated carbocycles. The smallest absolute Gasteiger partial charge is 0.222 e. The zero-order valence-electron chi connectivity index (χ0n) is 12.9. The molecule has 1 rings (SSSR count). The standard InChI is InChI=1S/C16H26N2O2/c1-12(2)16(19)18-10-9-17-11-14-5-7-15(8-6-14)20-13(3)4/h5-8,12-13,17H,9-11H2,1-4H3,(H,18,19). The monoisotopic (exact) mass is 278 g/mol. The van der Waals surface area contributed by atoms with Crippen molar-refractivity contribution in [1.82, 2.24) is 10.6 Å². The van der Waals surface area contributed by atoms with E-state index in [1.54, 1.807) is 0 Å². The molecule has 0 fully saturated rings. The molecule has 1 aromatic carbocycles. The summed E-state index contributed by atoms with van der Waals surface area (Å²) in [6.45, 7) is 10.0. The molecule has 4 nitrogen and oxygen atoms in total. The van der Waals surface area contributed by atoms with Crippen molar-refractivity contribution in [3.8, 4) is 5.75 Å². The number of rotatable bonds is 8. The number of amides is 1. The zero-order chi connectivity index (χ0) is 15.0. The van der Waals surface area contributed by atoms with Crippen molar-refractivity contribution in [2.24, 2.45) is 5.92 Å². The highest BCUT2D eigenvalue weighted by Gasteiger charge is 2.04. The summed E-state index contributed by atoms with van der Waals surface area (Å²) in [5.74, 6) is 1.04. The lowest BCUT2D eigenvalue weighted by Crippen LogP contribution is -2.34. The van der Waals surface area contributed by atoms with E-state index >= 15 is 0 Å². The third-order valence-electron chi connectivity index (χ3n) is 2.75. The van der Waals surface area contributed by atoms with Crippen molar-refractivity contribution >= 4 is 5.91 Å². The predicted octanol–water partition coefficient (Wildman–Crippen LogP) is 2.34. The van der Waals surface area contributed by atoms with E-state index < -0.39 is 0 Å². The second kappa shape index (κ2) is 8.59. The largest absolute Gasteiger partial charge is 0.491 e. The minimum atomic E-state index is 0.0449. The summed E-state index contributed by atoms with van der Waals surface area (Å²) in [6, 6.07) is 8.07. The maximum Gasteiger partial charge on any atom is 0.222 e. The molecule has 0 radical (unpaired) electrons. The molecule has 2 N–H and O–H groups in total. The average molecular weight is 278 g/mol. The molecule has 0 atom stereocenters. The third kappa shape index (κ3) is 6.57. The summed E-state index contributed by atoms with van der Waals surface area (Å²) in [4.78, 5) is 11.3. The molecule has 0 saturated heterocycles. The normalized spacial score (nSPS) is 10.9. The molecule has 0 aliphatic carbocycles. The van der Waals surface area contributed by atoms with Crippen LogP contribution in [0.5, 0.6) is 5.75 Å². The van der Waals surface area contributed by atoms with Gasteiger partial charge in [-0.1, -0.05) is 26.0 Å². The van der Waals surface area contributed by atoms with E-state index in [1.807, 2.05) is 39.8 Å². The van der Waals surface area contributed by atoms with Crippen LogP contribution in [0.1, 0.15) is 33.3 Å². The van der Waals surface area contributed by atoms with Crippen molar-refractivity contribution < 1.29 is 9.53 Å². The highest BCUT2D eigenvalue weighted by atomic mass is 16.5. The molecule has 112 valence electrons. The summed E-state index contributed by atoms with van der Waals surface area (Å²) in [6.07, 6.45) is 0.198. The van der Waals surface area contributed by atoms with E-state index in [2.05, 4.69) is 22.8 Å². The van der Waals surface area contributed by atoms with Crippen molar-refractivity contribution in [2.45, 2.75) is 40.3 Å². The number of hydrogen-bond acceptors (Lipinski definition) is 3. The molecule has 4 heteroatoms. The summed E-state index contributed by atoms with van der Waals surface area (Å²) < 4.78 is 5.59. The van der Waals surface area contributed by atoms with Crippen LogP contribution >= 0.6 is 0 Å². The van der Waals surface area contributed by atoms with Crippen molar-refractivity contribution in [3.63, 3.8) is 0 Å². The van der Waals surface area contributed by atoms with Gasteiger partial charge in [-0.3, -0.25) is 4.79 Å². The first kappa shape index (κ1) is 16.5. The number of nitrogens with one attached hydrogen (secondary N) is 2. The van der Waals surface area contributed by atoms with E-state index in [0.29, 0.717) is 6.54 Å². The van der Waals surface area contributed by atoms with Crippen molar-refractivity contribution in [2.75, 3.05) is 13.1 Å². The first-order valence-electron chi connectivity index (χ1n) is 7.23. The number of benzene rings is 1. The molecule has 0 spiro atoms. The van der Waals surface area contributed by atoms with Gasteiger partial charge >= 0.3 is 0 Å². The van der Waals surface area contributed by atoms with Crippen LogP contribution in [-0.2, 0) is 11.3 Å². The van der Waals surface area contributed by atoms with Crippen LogP contribution in [0, 0.1) is 5.92 Å². The molecule has 0 aliphatic heterocycles. The van der Waals surface area contributed by atoms with Gasteiger partial charge in [-0.05, 0) is 31.5 Å². The number of ether oxygens (including phenoxy) is 1. The van der Waals surface area contributed by atoms with Crippen LogP contribution in [0.2, 0.25) is 0 Å². The lowest BCUT2D eigenvalue weighted by atomic mass is 10.2. The zero-order valence-corrected chi connectivity index (χ0v) is 12.9. The molecular formula is C16H26N2O2. The number of hydrogen-bond donors (Lipinski definition) is 2. The van der Waals surface area contributed by atoms with Crippen LogP contribution in [0.25, 0.3) is 0 Å². The fourth-order valence-electron chi connectivity index (χ4n) is 1.67. The van der Waals surface area contributed by atoms with Gasteiger partial charge in [0.25, 0.3) is 0 Å². The molecule has 0 aliphatic rings. The molecule has 0 heterocycles. The first-order valence-corrected chi connectivity index (χ1v) is 7.23. The summed E-state index contributed by atoms with van der Waals surface area (Å²) in [7, 11) is 0. The van der Waals surface area contributed by atoms with E-state index in [-0.39, 0.29) is 17.9 Å². The van der Waals surface area contributed by atoms with Crippen LogP contribution in [0.15, 0.2) is 24.3 Å². The van der Waals surface area contributed by atoms with Gasteiger partial charge in [-0.2, -0.15) is 0 Å². The van der Waals surface area contributed by atoms with Crippen LogP contribution in [0.4, 0.5) is 0 Å². The maximum absolute atomic E-state index is 11.3. The molecule has 20 heavy (non-hydrogen) atoms. The van der Waals surface area contributed by atoms with E-state index in [4.69, 9.17) is 4.74 Å². The summed E-state index contributed by atoms with van der Waals surface area (Å²) >= 11 is 0. The summed E-state index contributed by atoms with van der Waals surface area (Å²) in [5, 5.41) is 6.18. The van der Waals surface area contributed by atoms with E-state index in [0.717, 1.165) is 18.8 Å². The Balaban J connectivity index is 2.20. The Bertz CT molecular complexity index is 399. The van der Waals surface area contributed by atoms with Crippen LogP contribution < -0.4 is 15.4 Å². The quantitative estimate of drug-likeness (QED) is 0.718. The van der Waals surface area contributed by atoms with Crippen molar-refractivity contribution in [3.05, 3.63) is 29.8 Å². The molecule has 1 aromatic rings. The SMILES string of the molecule is CC(C)Oc1ccc(CNCCNC(=O)C(C)C)cc1. The van der Waals surface area contributed by atoms with Gasteiger partial charge in [0, 0.05) is 25.6 Å². The Labute approximate surface area is 121 Å². The van der Waals surface area contributed by atoms with Gasteiger partial charge in [-0.25, -0.2) is 0 Å².